The molecule has 1 unspecified atom stereocenters. The predicted octanol–water partition coefficient (Wildman–Crippen LogP) is 3.67. The summed E-state index contributed by atoms with van der Waals surface area (Å²) in [5, 5.41) is 8.98. The number of carbonyl (C=O) groups excluding carboxylic acids is 2. The van der Waals surface area contributed by atoms with Crippen LogP contribution in [0.15, 0.2) is 30.9 Å². The van der Waals surface area contributed by atoms with Gasteiger partial charge in [0, 0.05) is 6.42 Å². The minimum Gasteiger partial charge on any atom is -0.363 e. The first-order valence-electron chi connectivity index (χ1n) is 9.03. The van der Waals surface area contributed by atoms with Crippen molar-refractivity contribution in [2.24, 2.45) is 11.8 Å². The normalized spacial score (nSPS) is 27.8. The van der Waals surface area contributed by atoms with Gasteiger partial charge in [-0.2, -0.15) is 18.4 Å². The van der Waals surface area contributed by atoms with Crippen molar-refractivity contribution < 1.29 is 31.7 Å². The standard InChI is InChI=1S/C20H19F3N2O4S/c1-4-19(7-8-28-30)15-14(18(2,3)29-19)16(26)25(17(15)27)12-6-5-11(10-24)13(9-12)20(21,22)23/h4-6,9,14-15,30H,1,7-8H2,2-3H3/t14-,15+,19?/m0/s1. The molecule has 2 amide bonds. The lowest BCUT2D eigenvalue weighted by Crippen LogP contribution is -2.44. The fourth-order valence-corrected chi connectivity index (χ4v) is 4.51. The van der Waals surface area contributed by atoms with E-state index in [0.29, 0.717) is 6.07 Å². The molecule has 3 rings (SSSR count). The summed E-state index contributed by atoms with van der Waals surface area (Å²) < 4.78 is 51.0. The number of carbonyl (C=O) groups is 2. The number of halogens is 3. The van der Waals surface area contributed by atoms with E-state index in [1.54, 1.807) is 13.8 Å². The molecule has 0 bridgehead atoms. The number of fused-ring (bicyclic) bond motifs is 1. The molecule has 0 radical (unpaired) electrons. The Kier molecular flexibility index (Phi) is 5.52. The third-order valence-corrected chi connectivity index (χ3v) is 5.83. The molecule has 0 N–H and O–H groups in total. The van der Waals surface area contributed by atoms with Gasteiger partial charge >= 0.3 is 6.18 Å². The van der Waals surface area contributed by atoms with Crippen molar-refractivity contribution in [2.75, 3.05) is 11.5 Å². The van der Waals surface area contributed by atoms with E-state index < -0.39 is 52.2 Å². The van der Waals surface area contributed by atoms with Crippen LogP contribution in [0.25, 0.3) is 0 Å². The van der Waals surface area contributed by atoms with Crippen LogP contribution in [0.1, 0.15) is 31.4 Å². The Morgan fingerprint density at radius 3 is 2.50 bits per heavy atom. The number of imide groups is 1. The number of alkyl halides is 3. The lowest BCUT2D eigenvalue weighted by molar-refractivity contribution is -0.138. The van der Waals surface area contributed by atoms with Gasteiger partial charge in [-0.3, -0.25) is 9.59 Å². The van der Waals surface area contributed by atoms with E-state index in [-0.39, 0.29) is 18.7 Å². The van der Waals surface area contributed by atoms with Crippen LogP contribution in [0.3, 0.4) is 0 Å². The van der Waals surface area contributed by atoms with Crippen LogP contribution >= 0.6 is 12.9 Å². The molecule has 0 aliphatic carbocycles. The number of nitrogens with zero attached hydrogens (tertiary/aromatic N) is 2. The summed E-state index contributed by atoms with van der Waals surface area (Å²) in [5.74, 6) is -3.25. The fraction of sp³-hybridized carbons (Fsp3) is 0.450. The fourth-order valence-electron chi connectivity index (χ4n) is 4.42. The second kappa shape index (κ2) is 7.41. The molecular weight excluding hydrogens is 421 g/mol. The summed E-state index contributed by atoms with van der Waals surface area (Å²) >= 11 is 3.70. The second-order valence-electron chi connectivity index (χ2n) is 7.75. The molecule has 0 saturated carbocycles. The van der Waals surface area contributed by atoms with Crippen LogP contribution in [0, 0.1) is 23.2 Å². The van der Waals surface area contributed by atoms with Gasteiger partial charge in [0.25, 0.3) is 0 Å². The highest BCUT2D eigenvalue weighted by Gasteiger charge is 2.68. The van der Waals surface area contributed by atoms with Crippen LogP contribution in [0.2, 0.25) is 0 Å². The smallest absolute Gasteiger partial charge is 0.363 e. The highest BCUT2D eigenvalue weighted by Crippen LogP contribution is 2.54. The van der Waals surface area contributed by atoms with Gasteiger partial charge in [0.05, 0.1) is 46.9 Å². The molecule has 0 aromatic heterocycles. The van der Waals surface area contributed by atoms with E-state index in [0.717, 1.165) is 17.0 Å². The third-order valence-electron chi connectivity index (χ3n) is 5.65. The average molecular weight is 440 g/mol. The summed E-state index contributed by atoms with van der Waals surface area (Å²) in [6.07, 6.45) is -3.21. The van der Waals surface area contributed by atoms with Crippen molar-refractivity contribution in [3.05, 3.63) is 42.0 Å². The molecular formula is C20H19F3N2O4S. The van der Waals surface area contributed by atoms with Crippen molar-refractivity contribution in [2.45, 2.75) is 37.6 Å². The molecule has 1 aromatic carbocycles. The maximum atomic E-state index is 13.4. The number of amides is 2. The van der Waals surface area contributed by atoms with Crippen molar-refractivity contribution in [3.63, 3.8) is 0 Å². The van der Waals surface area contributed by atoms with Crippen LogP contribution in [-0.4, -0.2) is 29.6 Å². The SMILES string of the molecule is C=CC1(CCOS)OC(C)(C)[C@@H]2C(=O)N(c3ccc(C#N)c(C(F)(F)F)c3)C(=O)[C@@H]21. The molecule has 160 valence electrons. The summed E-state index contributed by atoms with van der Waals surface area (Å²) in [4.78, 5) is 27.3. The molecule has 0 spiro atoms. The molecule has 2 aliphatic heterocycles. The lowest BCUT2D eigenvalue weighted by atomic mass is 9.76. The maximum absolute atomic E-state index is 13.4. The Hall–Kier alpha value is -2.35. The first-order chi connectivity index (χ1) is 13.9. The summed E-state index contributed by atoms with van der Waals surface area (Å²) in [5.41, 5.74) is -4.37. The number of rotatable bonds is 5. The first-order valence-corrected chi connectivity index (χ1v) is 9.39. The van der Waals surface area contributed by atoms with Gasteiger partial charge in [-0.1, -0.05) is 6.08 Å². The number of ether oxygens (including phenoxy) is 1. The van der Waals surface area contributed by atoms with E-state index in [2.05, 4.69) is 19.5 Å². The molecule has 2 heterocycles. The van der Waals surface area contributed by atoms with Gasteiger partial charge in [0.2, 0.25) is 11.8 Å². The minimum atomic E-state index is -4.82. The summed E-state index contributed by atoms with van der Waals surface area (Å²) in [6.45, 7) is 7.14. The van der Waals surface area contributed by atoms with Crippen molar-refractivity contribution >= 4 is 30.4 Å². The Bertz CT molecular complexity index is 956. The zero-order valence-corrected chi connectivity index (χ0v) is 17.1. The molecule has 3 atom stereocenters. The number of benzene rings is 1. The van der Waals surface area contributed by atoms with E-state index in [9.17, 15) is 22.8 Å². The minimum absolute atomic E-state index is 0.102. The van der Waals surface area contributed by atoms with E-state index in [4.69, 9.17) is 14.2 Å². The number of hydrogen-bond acceptors (Lipinski definition) is 6. The highest BCUT2D eigenvalue weighted by atomic mass is 32.1. The highest BCUT2D eigenvalue weighted by molar-refractivity contribution is 7.75. The van der Waals surface area contributed by atoms with Crippen molar-refractivity contribution in [3.8, 4) is 6.07 Å². The van der Waals surface area contributed by atoms with E-state index in [1.807, 2.05) is 0 Å². The van der Waals surface area contributed by atoms with Gasteiger partial charge in [0.15, 0.2) is 0 Å². The van der Waals surface area contributed by atoms with Crippen LogP contribution < -0.4 is 4.90 Å². The topological polar surface area (TPSA) is 79.6 Å². The lowest BCUT2D eigenvalue weighted by Gasteiger charge is -2.33. The van der Waals surface area contributed by atoms with Crippen molar-refractivity contribution in [1.29, 1.82) is 5.26 Å². The first kappa shape index (κ1) is 22.3. The zero-order chi connectivity index (χ0) is 22.5. The van der Waals surface area contributed by atoms with Gasteiger partial charge < -0.3 is 8.92 Å². The summed E-state index contributed by atoms with van der Waals surface area (Å²) in [7, 11) is 0. The Balaban J connectivity index is 2.11. The molecule has 1 aromatic rings. The quantitative estimate of drug-likeness (QED) is 0.327. The predicted molar refractivity (Wildman–Crippen MR) is 103 cm³/mol. The number of nitriles is 1. The summed E-state index contributed by atoms with van der Waals surface area (Å²) in [6, 6.07) is 4.23. The maximum Gasteiger partial charge on any atom is 0.417 e. The van der Waals surface area contributed by atoms with Crippen LogP contribution in [0.4, 0.5) is 18.9 Å². The second-order valence-corrected chi connectivity index (χ2v) is 8.01. The number of hydrogen-bond donors (Lipinski definition) is 1. The van der Waals surface area contributed by atoms with Crippen molar-refractivity contribution in [1.82, 2.24) is 0 Å². The molecule has 6 nitrogen and oxygen atoms in total. The van der Waals surface area contributed by atoms with Gasteiger partial charge in [-0.05, 0) is 45.0 Å². The molecule has 2 aliphatic rings. The zero-order valence-electron chi connectivity index (χ0n) is 16.2. The van der Waals surface area contributed by atoms with Gasteiger partial charge in [-0.25, -0.2) is 4.90 Å². The largest absolute Gasteiger partial charge is 0.417 e. The Labute approximate surface area is 176 Å². The van der Waals surface area contributed by atoms with Crippen LogP contribution in [0.5, 0.6) is 0 Å². The number of thiol groups is 1. The van der Waals surface area contributed by atoms with Crippen LogP contribution in [-0.2, 0) is 24.7 Å². The average Bonchev–Trinajstić information content (AvgIpc) is 3.09. The Morgan fingerprint density at radius 2 is 1.97 bits per heavy atom. The molecule has 10 heteroatoms. The molecule has 2 saturated heterocycles. The number of anilines is 1. The monoisotopic (exact) mass is 440 g/mol. The molecule has 2 fully saturated rings. The van der Waals surface area contributed by atoms with Gasteiger partial charge in [0.1, 0.15) is 5.60 Å². The Morgan fingerprint density at radius 1 is 1.33 bits per heavy atom. The third kappa shape index (κ3) is 3.31. The van der Waals surface area contributed by atoms with E-state index >= 15 is 0 Å². The van der Waals surface area contributed by atoms with E-state index in [1.165, 1.54) is 12.1 Å². The van der Waals surface area contributed by atoms with Gasteiger partial charge in [-0.15, -0.1) is 6.58 Å². The molecule has 30 heavy (non-hydrogen) atoms.